The largest absolute Gasteiger partial charge is 0.497 e. The van der Waals surface area contributed by atoms with E-state index in [4.69, 9.17) is 13.9 Å². The Morgan fingerprint density at radius 3 is 2.62 bits per heavy atom. The zero-order valence-corrected chi connectivity index (χ0v) is 19.6. The van der Waals surface area contributed by atoms with Crippen LogP contribution in [-0.2, 0) is 4.79 Å². The number of benzene rings is 3. The highest BCUT2D eigenvalue weighted by Crippen LogP contribution is 2.40. The van der Waals surface area contributed by atoms with Gasteiger partial charge in [-0.25, -0.2) is 4.39 Å². The highest BCUT2D eigenvalue weighted by atomic mass is 19.1. The maximum Gasteiger partial charge on any atom is 0.248 e. The minimum Gasteiger partial charge on any atom is -0.497 e. The van der Waals surface area contributed by atoms with Crippen LogP contribution in [0.5, 0.6) is 11.5 Å². The molecule has 0 spiro atoms. The number of methoxy groups -OCH3 is 1. The summed E-state index contributed by atoms with van der Waals surface area (Å²) in [5.74, 6) is 0.759. The molecule has 0 aliphatic heterocycles. The number of aryl methyl sites for hydroxylation is 1. The minimum absolute atomic E-state index is 0.267. The third kappa shape index (κ3) is 4.66. The first-order valence-corrected chi connectivity index (χ1v) is 11.0. The van der Waals surface area contributed by atoms with Crippen LogP contribution in [0.4, 0.5) is 10.1 Å². The number of rotatable bonds is 7. The highest BCUT2D eigenvalue weighted by Gasteiger charge is 2.19. The SMILES string of the molecule is CCOc1c(/C(C)=C/C(=O)Nc2cccc(OC)c2)cc2c(-c3ccc(F)cc3)coc2c1C. The van der Waals surface area contributed by atoms with Gasteiger partial charge in [-0.3, -0.25) is 4.79 Å². The van der Waals surface area contributed by atoms with E-state index in [1.807, 2.05) is 39.0 Å². The molecule has 1 heterocycles. The topological polar surface area (TPSA) is 60.7 Å². The van der Waals surface area contributed by atoms with E-state index in [1.165, 1.54) is 12.1 Å². The lowest BCUT2D eigenvalue weighted by molar-refractivity contribution is -0.111. The van der Waals surface area contributed by atoms with Gasteiger partial charge in [-0.05, 0) is 62.2 Å². The molecular weight excluding hydrogens is 433 g/mol. The lowest BCUT2D eigenvalue weighted by atomic mass is 9.96. The molecule has 0 fully saturated rings. The third-order valence-electron chi connectivity index (χ3n) is 5.60. The number of hydrogen-bond donors (Lipinski definition) is 1. The number of carbonyl (C=O) groups excluding carboxylic acids is 1. The van der Waals surface area contributed by atoms with Crippen molar-refractivity contribution in [3.8, 4) is 22.6 Å². The van der Waals surface area contributed by atoms with Crippen molar-refractivity contribution >= 4 is 28.1 Å². The summed E-state index contributed by atoms with van der Waals surface area (Å²) in [6, 6.07) is 15.4. The molecule has 0 radical (unpaired) electrons. The lowest BCUT2D eigenvalue weighted by Crippen LogP contribution is -2.09. The van der Waals surface area contributed by atoms with Crippen LogP contribution in [0.1, 0.15) is 25.0 Å². The Morgan fingerprint density at radius 1 is 1.15 bits per heavy atom. The number of anilines is 1. The molecule has 0 saturated carbocycles. The zero-order valence-electron chi connectivity index (χ0n) is 19.6. The number of ether oxygens (including phenoxy) is 2. The van der Waals surface area contributed by atoms with Gasteiger partial charge in [-0.2, -0.15) is 0 Å². The van der Waals surface area contributed by atoms with E-state index in [0.29, 0.717) is 29.4 Å². The molecule has 0 bridgehead atoms. The Bertz CT molecular complexity index is 1370. The molecule has 3 aromatic carbocycles. The van der Waals surface area contributed by atoms with Crippen molar-refractivity contribution in [1.29, 1.82) is 0 Å². The average molecular weight is 460 g/mol. The zero-order chi connectivity index (χ0) is 24.2. The smallest absolute Gasteiger partial charge is 0.248 e. The first-order chi connectivity index (χ1) is 16.4. The van der Waals surface area contributed by atoms with Crippen LogP contribution < -0.4 is 14.8 Å². The average Bonchev–Trinajstić information content (AvgIpc) is 3.25. The second-order valence-corrected chi connectivity index (χ2v) is 7.89. The molecule has 0 unspecified atom stereocenters. The number of nitrogens with one attached hydrogen (secondary N) is 1. The van der Waals surface area contributed by atoms with Crippen molar-refractivity contribution in [2.24, 2.45) is 0 Å². The van der Waals surface area contributed by atoms with Gasteiger partial charge in [-0.15, -0.1) is 0 Å². The van der Waals surface area contributed by atoms with Crippen LogP contribution in [0.25, 0.3) is 27.7 Å². The molecular formula is C28H26FNO4. The van der Waals surface area contributed by atoms with Gasteiger partial charge in [0, 0.05) is 39.9 Å². The molecule has 5 nitrogen and oxygen atoms in total. The third-order valence-corrected chi connectivity index (χ3v) is 5.60. The minimum atomic E-state index is -0.298. The molecule has 0 atom stereocenters. The Labute approximate surface area is 197 Å². The maximum atomic E-state index is 13.4. The Balaban J connectivity index is 1.76. The Morgan fingerprint density at radius 2 is 1.91 bits per heavy atom. The molecule has 0 aliphatic carbocycles. The standard InChI is InChI=1S/C28H26FNO4/c1-5-33-27-18(3)28-24(25(16-34-28)19-9-11-20(29)12-10-19)15-23(27)17(2)13-26(31)30-21-7-6-8-22(14-21)32-4/h6-16H,5H2,1-4H3,(H,30,31)/b17-13+. The molecule has 4 rings (SSSR count). The summed E-state index contributed by atoms with van der Waals surface area (Å²) in [5.41, 5.74) is 5.38. The fourth-order valence-electron chi connectivity index (χ4n) is 3.95. The van der Waals surface area contributed by atoms with Crippen molar-refractivity contribution in [3.63, 3.8) is 0 Å². The molecule has 0 aliphatic rings. The van der Waals surface area contributed by atoms with Crippen molar-refractivity contribution in [2.45, 2.75) is 20.8 Å². The predicted molar refractivity (Wildman–Crippen MR) is 133 cm³/mol. The number of hydrogen-bond acceptors (Lipinski definition) is 4. The molecule has 1 N–H and O–H groups in total. The van der Waals surface area contributed by atoms with Crippen molar-refractivity contribution in [1.82, 2.24) is 0 Å². The van der Waals surface area contributed by atoms with E-state index >= 15 is 0 Å². The van der Waals surface area contributed by atoms with Gasteiger partial charge in [0.1, 0.15) is 22.9 Å². The first kappa shape index (κ1) is 23.1. The molecule has 1 amide bonds. The fourth-order valence-corrected chi connectivity index (χ4v) is 3.95. The van der Waals surface area contributed by atoms with Crippen molar-refractivity contribution in [3.05, 3.63) is 83.9 Å². The van der Waals surface area contributed by atoms with Gasteiger partial charge in [-0.1, -0.05) is 18.2 Å². The van der Waals surface area contributed by atoms with Crippen molar-refractivity contribution < 1.29 is 23.1 Å². The van der Waals surface area contributed by atoms with Gasteiger partial charge in [0.25, 0.3) is 0 Å². The summed E-state index contributed by atoms with van der Waals surface area (Å²) in [4.78, 5) is 12.8. The van der Waals surface area contributed by atoms with E-state index < -0.39 is 0 Å². The van der Waals surface area contributed by atoms with Crippen LogP contribution in [0.15, 0.2) is 71.4 Å². The second kappa shape index (κ2) is 9.83. The molecule has 1 aromatic heterocycles. The van der Waals surface area contributed by atoms with E-state index in [0.717, 1.165) is 33.2 Å². The summed E-state index contributed by atoms with van der Waals surface area (Å²) in [7, 11) is 1.58. The molecule has 6 heteroatoms. The fraction of sp³-hybridized carbons (Fsp3) is 0.179. The molecule has 4 aromatic rings. The van der Waals surface area contributed by atoms with Gasteiger partial charge in [0.15, 0.2) is 0 Å². The van der Waals surface area contributed by atoms with Gasteiger partial charge < -0.3 is 19.2 Å². The number of fused-ring (bicyclic) bond motifs is 1. The number of furan rings is 1. The summed E-state index contributed by atoms with van der Waals surface area (Å²) in [6.07, 6.45) is 3.21. The summed E-state index contributed by atoms with van der Waals surface area (Å²) < 4.78 is 30.5. The predicted octanol–water partition coefficient (Wildman–Crippen LogP) is 7.00. The van der Waals surface area contributed by atoms with Gasteiger partial charge >= 0.3 is 0 Å². The lowest BCUT2D eigenvalue weighted by Gasteiger charge is -2.15. The van der Waals surface area contributed by atoms with Crippen LogP contribution >= 0.6 is 0 Å². The van der Waals surface area contributed by atoms with Crippen LogP contribution in [0, 0.1) is 12.7 Å². The molecule has 0 saturated heterocycles. The van der Waals surface area contributed by atoms with Crippen LogP contribution in [-0.4, -0.2) is 19.6 Å². The van der Waals surface area contributed by atoms with Crippen molar-refractivity contribution in [2.75, 3.05) is 19.0 Å². The summed E-state index contributed by atoms with van der Waals surface area (Å²) in [5, 5.41) is 3.73. The molecule has 174 valence electrons. The van der Waals surface area contributed by atoms with E-state index in [9.17, 15) is 9.18 Å². The Hall–Kier alpha value is -4.06. The Kier molecular flexibility index (Phi) is 6.68. The van der Waals surface area contributed by atoms with Gasteiger partial charge in [0.05, 0.1) is 20.0 Å². The van der Waals surface area contributed by atoms with E-state index in [-0.39, 0.29) is 11.7 Å². The van der Waals surface area contributed by atoms with Crippen LogP contribution in [0.3, 0.4) is 0 Å². The van der Waals surface area contributed by atoms with Crippen LogP contribution in [0.2, 0.25) is 0 Å². The van der Waals surface area contributed by atoms with E-state index in [2.05, 4.69) is 5.32 Å². The van der Waals surface area contributed by atoms with E-state index in [1.54, 1.807) is 43.7 Å². The number of halogens is 1. The quantitative estimate of drug-likeness (QED) is 0.302. The van der Waals surface area contributed by atoms with Gasteiger partial charge in [0.2, 0.25) is 5.91 Å². The second-order valence-electron chi connectivity index (χ2n) is 7.89. The number of carbonyl (C=O) groups is 1. The maximum absolute atomic E-state index is 13.4. The number of allylic oxidation sites excluding steroid dienone is 1. The first-order valence-electron chi connectivity index (χ1n) is 11.0. The monoisotopic (exact) mass is 459 g/mol. The highest BCUT2D eigenvalue weighted by molar-refractivity contribution is 6.06. The normalized spacial score (nSPS) is 11.5. The summed E-state index contributed by atoms with van der Waals surface area (Å²) >= 11 is 0. The summed E-state index contributed by atoms with van der Waals surface area (Å²) in [6.45, 7) is 6.17. The number of amides is 1. The molecule has 34 heavy (non-hydrogen) atoms.